The monoisotopic (exact) mass is 442 g/mol. The fraction of sp³-hybridized carbons (Fsp3) is 0.519. The van der Waals surface area contributed by atoms with Gasteiger partial charge in [-0.25, -0.2) is 0 Å². The van der Waals surface area contributed by atoms with Gasteiger partial charge in [-0.3, -0.25) is 4.79 Å². The highest BCUT2D eigenvalue weighted by Gasteiger charge is 2.32. The van der Waals surface area contributed by atoms with E-state index in [9.17, 15) is 9.90 Å². The average Bonchev–Trinajstić information content (AvgIpc) is 2.72. The molecule has 0 amide bonds. The summed E-state index contributed by atoms with van der Waals surface area (Å²) < 4.78 is 17.1. The van der Waals surface area contributed by atoms with Crippen LogP contribution in [0.1, 0.15) is 65.2 Å². The zero-order valence-corrected chi connectivity index (χ0v) is 20.7. The number of rotatable bonds is 8. The Bertz CT molecular complexity index is 855. The number of carbonyl (C=O) groups is 1. The first-order valence-electron chi connectivity index (χ1n) is 11.1. The Morgan fingerprint density at radius 2 is 1.50 bits per heavy atom. The zero-order chi connectivity index (χ0) is 24.1. The molecule has 0 fully saturated rings. The molecule has 2 rings (SSSR count). The Morgan fingerprint density at radius 3 is 1.97 bits per heavy atom. The minimum Gasteiger partial charge on any atom is -0.497 e. The van der Waals surface area contributed by atoms with Crippen molar-refractivity contribution in [3.8, 4) is 11.5 Å². The number of benzene rings is 2. The lowest BCUT2D eigenvalue weighted by Crippen LogP contribution is -2.33. The summed E-state index contributed by atoms with van der Waals surface area (Å²) in [7, 11) is 1.63. The lowest BCUT2D eigenvalue weighted by atomic mass is 9.79. The summed E-state index contributed by atoms with van der Waals surface area (Å²) in [6.45, 7) is 14.5. The second-order valence-corrected chi connectivity index (χ2v) is 10.3. The molecule has 0 bridgehead atoms. The molecular formula is C27H38O5. The second-order valence-electron chi connectivity index (χ2n) is 10.3. The molecule has 1 N–H and O–H groups in total. The van der Waals surface area contributed by atoms with Crippen LogP contribution in [0.3, 0.4) is 0 Å². The van der Waals surface area contributed by atoms with Gasteiger partial charge < -0.3 is 19.3 Å². The molecule has 0 saturated heterocycles. The number of ether oxygens (including phenoxy) is 3. The van der Waals surface area contributed by atoms with Crippen LogP contribution in [0.4, 0.5) is 0 Å². The van der Waals surface area contributed by atoms with Crippen LogP contribution in [-0.4, -0.2) is 30.9 Å². The molecule has 0 radical (unpaired) electrons. The molecule has 32 heavy (non-hydrogen) atoms. The van der Waals surface area contributed by atoms with Crippen LogP contribution in [0.5, 0.6) is 11.5 Å². The molecule has 176 valence electrons. The van der Waals surface area contributed by atoms with E-state index in [0.29, 0.717) is 12.4 Å². The fourth-order valence-corrected chi connectivity index (χ4v) is 3.31. The number of carbonyl (C=O) groups excluding carboxylic acids is 1. The van der Waals surface area contributed by atoms with Gasteiger partial charge in [-0.1, -0.05) is 71.9 Å². The molecule has 2 atom stereocenters. The van der Waals surface area contributed by atoms with Crippen LogP contribution >= 0.6 is 0 Å². The van der Waals surface area contributed by atoms with Gasteiger partial charge in [-0.15, -0.1) is 0 Å². The molecule has 0 aliphatic heterocycles. The van der Waals surface area contributed by atoms with Crippen molar-refractivity contribution in [2.75, 3.05) is 13.7 Å². The molecule has 5 heteroatoms. The number of aliphatic hydroxyl groups is 1. The van der Waals surface area contributed by atoms with Crippen molar-refractivity contribution in [1.82, 2.24) is 0 Å². The van der Waals surface area contributed by atoms with Crippen molar-refractivity contribution >= 4 is 5.97 Å². The van der Waals surface area contributed by atoms with E-state index in [0.717, 1.165) is 22.4 Å². The van der Waals surface area contributed by atoms with Crippen LogP contribution in [0.25, 0.3) is 0 Å². The number of hydrogen-bond acceptors (Lipinski definition) is 5. The Hall–Kier alpha value is -2.37. The van der Waals surface area contributed by atoms with Crippen LogP contribution < -0.4 is 9.47 Å². The van der Waals surface area contributed by atoms with E-state index >= 15 is 0 Å². The Balaban J connectivity index is 2.21. The normalized spacial score (nSPS) is 14.0. The predicted molar refractivity (Wildman–Crippen MR) is 127 cm³/mol. The van der Waals surface area contributed by atoms with Gasteiger partial charge in [0.05, 0.1) is 32.3 Å². The molecule has 0 saturated carbocycles. The van der Waals surface area contributed by atoms with Gasteiger partial charge in [0.1, 0.15) is 11.5 Å². The maximum Gasteiger partial charge on any atom is 0.316 e. The summed E-state index contributed by atoms with van der Waals surface area (Å²) in [5, 5.41) is 10.5. The number of aliphatic hydroxyl groups excluding tert-OH is 1. The third-order valence-electron chi connectivity index (χ3n) is 5.47. The molecule has 2 aromatic rings. The van der Waals surface area contributed by atoms with Gasteiger partial charge in [0, 0.05) is 11.1 Å². The Morgan fingerprint density at radius 1 is 0.969 bits per heavy atom. The molecule has 5 nitrogen and oxygen atoms in total. The molecule has 0 unspecified atom stereocenters. The van der Waals surface area contributed by atoms with Crippen molar-refractivity contribution in [2.45, 2.75) is 72.0 Å². The summed E-state index contributed by atoms with van der Waals surface area (Å²) in [6.07, 6.45) is -0.972. The van der Waals surface area contributed by atoms with Crippen LogP contribution in [0.2, 0.25) is 0 Å². The number of esters is 1. The minimum atomic E-state index is -0.972. The quantitative estimate of drug-likeness (QED) is 0.437. The third-order valence-corrected chi connectivity index (χ3v) is 5.47. The molecule has 0 aliphatic carbocycles. The van der Waals surface area contributed by atoms with Crippen molar-refractivity contribution in [3.05, 3.63) is 59.2 Å². The SMILES string of the molecule is COc1cc(C(C)(C)C)c(OC(=O)[C@H](C)[C@H](O)COCc2ccccc2)c(C(C)(C)C)c1. The standard InChI is InChI=1S/C27H38O5/c1-18(23(28)17-31-16-19-12-10-9-11-13-19)25(29)32-24-21(26(2,3)4)14-20(30-8)15-22(24)27(5,6)7/h9-15,18,23,28H,16-17H2,1-8H3/t18-,23-/m1/s1. The van der Waals surface area contributed by atoms with Gasteiger partial charge in [-0.05, 0) is 35.4 Å². The third kappa shape index (κ3) is 6.81. The van der Waals surface area contributed by atoms with E-state index in [1.54, 1.807) is 14.0 Å². The van der Waals surface area contributed by atoms with E-state index in [1.165, 1.54) is 0 Å². The number of methoxy groups -OCH3 is 1. The summed E-state index contributed by atoms with van der Waals surface area (Å²) in [6, 6.07) is 13.6. The first-order valence-corrected chi connectivity index (χ1v) is 11.1. The first-order chi connectivity index (χ1) is 14.8. The maximum atomic E-state index is 13.0. The molecule has 0 heterocycles. The topological polar surface area (TPSA) is 65.0 Å². The molecule has 0 spiro atoms. The van der Waals surface area contributed by atoms with Crippen molar-refractivity contribution in [3.63, 3.8) is 0 Å². The molecule has 0 aliphatic rings. The predicted octanol–water partition coefficient (Wildman–Crippen LogP) is 5.41. The highest BCUT2D eigenvalue weighted by molar-refractivity contribution is 5.77. The van der Waals surface area contributed by atoms with Gasteiger partial charge in [0.2, 0.25) is 0 Å². The summed E-state index contributed by atoms with van der Waals surface area (Å²) >= 11 is 0. The van der Waals surface area contributed by atoms with E-state index in [1.807, 2.05) is 42.5 Å². The van der Waals surface area contributed by atoms with Crippen LogP contribution in [0.15, 0.2) is 42.5 Å². The Kier molecular flexibility index (Phi) is 8.49. The maximum absolute atomic E-state index is 13.0. The largest absolute Gasteiger partial charge is 0.497 e. The van der Waals surface area contributed by atoms with E-state index in [2.05, 4.69) is 41.5 Å². The van der Waals surface area contributed by atoms with E-state index in [4.69, 9.17) is 14.2 Å². The summed E-state index contributed by atoms with van der Waals surface area (Å²) in [5.41, 5.74) is 2.24. The van der Waals surface area contributed by atoms with Gasteiger partial charge in [0.25, 0.3) is 0 Å². The first kappa shape index (κ1) is 25.9. The molecular weight excluding hydrogens is 404 g/mol. The lowest BCUT2D eigenvalue weighted by molar-refractivity contribution is -0.143. The Labute approximate surface area is 192 Å². The van der Waals surface area contributed by atoms with Crippen molar-refractivity contribution < 1.29 is 24.1 Å². The summed E-state index contributed by atoms with van der Waals surface area (Å²) in [4.78, 5) is 13.0. The van der Waals surface area contributed by atoms with Crippen LogP contribution in [-0.2, 0) is 27.0 Å². The fourth-order valence-electron chi connectivity index (χ4n) is 3.31. The smallest absolute Gasteiger partial charge is 0.316 e. The minimum absolute atomic E-state index is 0.0476. The van der Waals surface area contributed by atoms with Gasteiger partial charge >= 0.3 is 5.97 Å². The van der Waals surface area contributed by atoms with Gasteiger partial charge in [-0.2, -0.15) is 0 Å². The van der Waals surface area contributed by atoms with E-state index < -0.39 is 18.0 Å². The van der Waals surface area contributed by atoms with E-state index in [-0.39, 0.29) is 17.4 Å². The second kappa shape index (κ2) is 10.5. The van der Waals surface area contributed by atoms with Crippen molar-refractivity contribution in [1.29, 1.82) is 0 Å². The zero-order valence-electron chi connectivity index (χ0n) is 20.7. The lowest BCUT2D eigenvalue weighted by Gasteiger charge is -2.30. The van der Waals surface area contributed by atoms with Crippen molar-refractivity contribution in [2.24, 2.45) is 5.92 Å². The average molecular weight is 443 g/mol. The highest BCUT2D eigenvalue weighted by atomic mass is 16.5. The van der Waals surface area contributed by atoms with Crippen LogP contribution in [0, 0.1) is 5.92 Å². The highest BCUT2D eigenvalue weighted by Crippen LogP contribution is 2.42. The summed E-state index contributed by atoms with van der Waals surface area (Å²) in [5.74, 6) is 0.0394. The molecule has 0 aromatic heterocycles. The molecule has 2 aromatic carbocycles. The number of hydrogen-bond donors (Lipinski definition) is 1. The van der Waals surface area contributed by atoms with Gasteiger partial charge in [0.15, 0.2) is 0 Å².